The second-order valence-electron chi connectivity index (χ2n) is 3.44. The Kier molecular flexibility index (Phi) is 3.18. The number of nitrogens with zero attached hydrogens (tertiary/aromatic N) is 1. The van der Waals surface area contributed by atoms with E-state index in [2.05, 4.69) is 5.16 Å². The van der Waals surface area contributed by atoms with E-state index in [1.54, 1.807) is 18.2 Å². The van der Waals surface area contributed by atoms with Crippen molar-refractivity contribution in [3.05, 3.63) is 30.2 Å². The number of benzene rings is 1. The number of rotatable bonds is 4. The molecule has 0 spiro atoms. The van der Waals surface area contributed by atoms with Crippen LogP contribution in [-0.4, -0.2) is 30.5 Å². The number of carbonyl (C=O) groups is 1. The van der Waals surface area contributed by atoms with E-state index in [4.69, 9.17) is 19.1 Å². The molecule has 2 aromatic rings. The molecule has 0 radical (unpaired) electrons. The molecule has 1 heterocycles. The highest BCUT2D eigenvalue weighted by Gasteiger charge is 2.20. The zero-order chi connectivity index (χ0) is 13.1. The molecule has 0 atom stereocenters. The van der Waals surface area contributed by atoms with Gasteiger partial charge in [0.2, 0.25) is 0 Å². The molecule has 6 nitrogen and oxygen atoms in total. The zero-order valence-electron chi connectivity index (χ0n) is 9.84. The molecule has 1 N–H and O–H groups in total. The molecule has 0 aliphatic carbocycles. The van der Waals surface area contributed by atoms with Crippen LogP contribution in [0.4, 0.5) is 0 Å². The number of hydrogen-bond donors (Lipinski definition) is 1. The average molecular weight is 249 g/mol. The van der Waals surface area contributed by atoms with E-state index < -0.39 is 5.97 Å². The van der Waals surface area contributed by atoms with E-state index in [1.807, 2.05) is 0 Å². The summed E-state index contributed by atoms with van der Waals surface area (Å²) in [6.45, 7) is 0. The molecule has 2 rings (SSSR count). The molecule has 1 aromatic carbocycles. The fourth-order valence-electron chi connectivity index (χ4n) is 1.61. The summed E-state index contributed by atoms with van der Waals surface area (Å²) in [5.41, 5.74) is 0.897. The first-order valence-electron chi connectivity index (χ1n) is 5.07. The third-order valence-corrected chi connectivity index (χ3v) is 2.46. The molecule has 18 heavy (non-hydrogen) atoms. The van der Waals surface area contributed by atoms with Crippen LogP contribution >= 0.6 is 0 Å². The topological polar surface area (TPSA) is 81.8 Å². The van der Waals surface area contributed by atoms with Gasteiger partial charge in [-0.3, -0.25) is 0 Å². The molecule has 1 aromatic heterocycles. The molecule has 0 unspecified atom stereocenters. The monoisotopic (exact) mass is 249 g/mol. The third-order valence-electron chi connectivity index (χ3n) is 2.46. The summed E-state index contributed by atoms with van der Waals surface area (Å²) in [7, 11) is 3.02. The van der Waals surface area contributed by atoms with Crippen molar-refractivity contribution in [3.63, 3.8) is 0 Å². The van der Waals surface area contributed by atoms with Crippen molar-refractivity contribution in [2.24, 2.45) is 0 Å². The molecule has 94 valence electrons. The van der Waals surface area contributed by atoms with Crippen molar-refractivity contribution in [2.45, 2.75) is 0 Å². The maximum absolute atomic E-state index is 11.0. The molecule has 0 bridgehead atoms. The van der Waals surface area contributed by atoms with Gasteiger partial charge in [-0.05, 0) is 18.2 Å². The van der Waals surface area contributed by atoms with Crippen LogP contribution < -0.4 is 9.47 Å². The Labute approximate surface area is 103 Å². The van der Waals surface area contributed by atoms with Crippen molar-refractivity contribution in [1.82, 2.24) is 5.16 Å². The summed E-state index contributed by atoms with van der Waals surface area (Å²) in [5.74, 6) is -0.321. The second kappa shape index (κ2) is 4.79. The number of ether oxygens (including phenoxy) is 2. The lowest BCUT2D eigenvalue weighted by molar-refractivity contribution is 0.0653. The quantitative estimate of drug-likeness (QED) is 0.893. The highest BCUT2D eigenvalue weighted by molar-refractivity contribution is 5.93. The molecule has 0 aliphatic heterocycles. The van der Waals surface area contributed by atoms with Gasteiger partial charge in [-0.1, -0.05) is 5.16 Å². The van der Waals surface area contributed by atoms with Gasteiger partial charge in [0.15, 0.2) is 0 Å². The van der Waals surface area contributed by atoms with Crippen LogP contribution in [0.1, 0.15) is 10.6 Å². The Balaban J connectivity index is 2.61. The van der Waals surface area contributed by atoms with Crippen LogP contribution in [0.5, 0.6) is 11.5 Å². The first-order chi connectivity index (χ1) is 8.67. The molecule has 0 saturated heterocycles. The van der Waals surface area contributed by atoms with E-state index in [0.717, 1.165) is 0 Å². The standard InChI is InChI=1S/C12H11NO5/c1-16-7-3-4-10(17-2)8(5-7)9-6-13-18-11(9)12(14)15/h3-6H,1-2H3,(H,14,15). The number of carboxylic acid groups (broad SMARTS) is 1. The summed E-state index contributed by atoms with van der Waals surface area (Å²) < 4.78 is 15.0. The van der Waals surface area contributed by atoms with Gasteiger partial charge >= 0.3 is 5.97 Å². The van der Waals surface area contributed by atoms with Crippen molar-refractivity contribution >= 4 is 5.97 Å². The predicted octanol–water partition coefficient (Wildman–Crippen LogP) is 2.06. The van der Waals surface area contributed by atoms with Gasteiger partial charge < -0.3 is 19.1 Å². The largest absolute Gasteiger partial charge is 0.497 e. The van der Waals surface area contributed by atoms with Crippen LogP contribution in [-0.2, 0) is 0 Å². The van der Waals surface area contributed by atoms with Gasteiger partial charge in [0.1, 0.15) is 11.5 Å². The van der Waals surface area contributed by atoms with Crippen molar-refractivity contribution in [2.75, 3.05) is 14.2 Å². The Morgan fingerprint density at radius 3 is 2.67 bits per heavy atom. The van der Waals surface area contributed by atoms with Crippen molar-refractivity contribution in [1.29, 1.82) is 0 Å². The normalized spacial score (nSPS) is 10.1. The Morgan fingerprint density at radius 2 is 2.06 bits per heavy atom. The maximum atomic E-state index is 11.0. The summed E-state index contributed by atoms with van der Waals surface area (Å²) in [5, 5.41) is 12.5. The summed E-state index contributed by atoms with van der Waals surface area (Å²) in [6, 6.07) is 5.07. The van der Waals surface area contributed by atoms with Crippen LogP contribution in [0.3, 0.4) is 0 Å². The Morgan fingerprint density at radius 1 is 1.28 bits per heavy atom. The van der Waals surface area contributed by atoms with Crippen LogP contribution in [0.15, 0.2) is 28.9 Å². The first-order valence-corrected chi connectivity index (χ1v) is 5.07. The fourth-order valence-corrected chi connectivity index (χ4v) is 1.61. The Hall–Kier alpha value is -2.50. The minimum atomic E-state index is -1.19. The summed E-state index contributed by atoms with van der Waals surface area (Å²) in [6.07, 6.45) is 1.33. The number of carboxylic acids is 1. The number of methoxy groups -OCH3 is 2. The highest BCUT2D eigenvalue weighted by atomic mass is 16.5. The molecule has 0 amide bonds. The lowest BCUT2D eigenvalue weighted by Gasteiger charge is -2.09. The molecular formula is C12H11NO5. The van der Waals surface area contributed by atoms with Gasteiger partial charge in [-0.25, -0.2) is 4.79 Å². The van der Waals surface area contributed by atoms with Gasteiger partial charge in [-0.2, -0.15) is 0 Å². The fraction of sp³-hybridized carbons (Fsp3) is 0.167. The van der Waals surface area contributed by atoms with E-state index in [0.29, 0.717) is 22.6 Å². The SMILES string of the molecule is COc1ccc(OC)c(-c2cnoc2C(=O)O)c1. The Bertz CT molecular complexity index is 576. The number of aromatic nitrogens is 1. The second-order valence-corrected chi connectivity index (χ2v) is 3.44. The summed E-state index contributed by atoms with van der Waals surface area (Å²) >= 11 is 0. The third kappa shape index (κ3) is 2.00. The molecular weight excluding hydrogens is 238 g/mol. The first kappa shape index (κ1) is 12.0. The maximum Gasteiger partial charge on any atom is 0.375 e. The smallest absolute Gasteiger partial charge is 0.375 e. The molecule has 0 saturated carbocycles. The van der Waals surface area contributed by atoms with Crippen LogP contribution in [0, 0.1) is 0 Å². The van der Waals surface area contributed by atoms with E-state index in [-0.39, 0.29) is 5.76 Å². The molecule has 6 heteroatoms. The van der Waals surface area contributed by atoms with Crippen LogP contribution in [0.25, 0.3) is 11.1 Å². The minimum Gasteiger partial charge on any atom is -0.497 e. The highest BCUT2D eigenvalue weighted by Crippen LogP contribution is 2.35. The number of aromatic carboxylic acids is 1. The molecule has 0 aliphatic rings. The predicted molar refractivity (Wildman–Crippen MR) is 62.0 cm³/mol. The van der Waals surface area contributed by atoms with Gasteiger partial charge in [0.05, 0.1) is 26.0 Å². The van der Waals surface area contributed by atoms with Gasteiger partial charge in [0.25, 0.3) is 5.76 Å². The number of hydrogen-bond acceptors (Lipinski definition) is 5. The summed E-state index contributed by atoms with van der Waals surface area (Å²) in [4.78, 5) is 11.0. The van der Waals surface area contributed by atoms with Crippen molar-refractivity contribution in [3.8, 4) is 22.6 Å². The van der Waals surface area contributed by atoms with E-state index >= 15 is 0 Å². The van der Waals surface area contributed by atoms with Gasteiger partial charge in [0, 0.05) is 5.56 Å². The lowest BCUT2D eigenvalue weighted by atomic mass is 10.1. The van der Waals surface area contributed by atoms with Gasteiger partial charge in [-0.15, -0.1) is 0 Å². The van der Waals surface area contributed by atoms with E-state index in [1.165, 1.54) is 20.4 Å². The average Bonchev–Trinajstić information content (AvgIpc) is 2.87. The van der Waals surface area contributed by atoms with E-state index in [9.17, 15) is 4.79 Å². The lowest BCUT2D eigenvalue weighted by Crippen LogP contribution is -1.97. The zero-order valence-corrected chi connectivity index (χ0v) is 9.84. The molecule has 0 fully saturated rings. The van der Waals surface area contributed by atoms with Crippen molar-refractivity contribution < 1.29 is 23.9 Å². The minimum absolute atomic E-state index is 0.235. The van der Waals surface area contributed by atoms with Crippen LogP contribution in [0.2, 0.25) is 0 Å².